The van der Waals surface area contributed by atoms with E-state index in [0.717, 1.165) is 6.42 Å². The maximum atomic E-state index is 4.03. The van der Waals surface area contributed by atoms with Gasteiger partial charge in [0, 0.05) is 0 Å². The molecule has 0 aromatic carbocycles. The van der Waals surface area contributed by atoms with Gasteiger partial charge in [0.15, 0.2) is 0 Å². The molecule has 1 aliphatic rings. The second-order valence-corrected chi connectivity index (χ2v) is 1.50. The van der Waals surface area contributed by atoms with Gasteiger partial charge in [-0.2, -0.15) is 11.9 Å². The van der Waals surface area contributed by atoms with E-state index in [1.807, 2.05) is 19.2 Å². The molecule has 0 N–H and O–H groups in total. The average molecular weight is 361 g/mol. The van der Waals surface area contributed by atoms with E-state index in [-0.39, 0.29) is 0 Å². The molecule has 1 aliphatic heterocycles. The molecule has 0 aliphatic carbocycles. The molecule has 0 radical (unpaired) electrons. The molecule has 1 nitrogen and oxygen atoms in total. The molecule has 0 amide bonds. The molecule has 2 heteroatoms. The summed E-state index contributed by atoms with van der Waals surface area (Å²) < 4.78 is 0. The molecule has 0 aromatic rings. The van der Waals surface area contributed by atoms with Crippen molar-refractivity contribution in [2.75, 3.05) is 0 Å². The second kappa shape index (κ2) is 2.45. The van der Waals surface area contributed by atoms with E-state index in [2.05, 4.69) is 11.4 Å². The van der Waals surface area contributed by atoms with Gasteiger partial charge in [0.2, 0.25) is 0 Å². The fourth-order valence-electron chi connectivity index (χ4n) is 0.567. The van der Waals surface area contributed by atoms with Crippen molar-refractivity contribution in [3.63, 3.8) is 0 Å². The standard InChI is InChI=1S/C6H8N.Rf/c1-2-6-4-3-5-7-6;/h2-3,5H,4H2,1H3;/q-1;. The summed E-state index contributed by atoms with van der Waals surface area (Å²) in [5.41, 5.74) is 1.18. The predicted molar refractivity (Wildman–Crippen MR) is 30.9 cm³/mol. The van der Waals surface area contributed by atoms with Crippen LogP contribution in [0, 0.1) is 0 Å². The Bertz CT molecular complexity index is 106. The van der Waals surface area contributed by atoms with Crippen molar-refractivity contribution < 1.29 is 0 Å². The molecule has 1 rings (SSSR count). The zero-order valence-corrected chi connectivity index (χ0v) is 11.5. The maximum absolute atomic E-state index is 4.03. The molecular formula is C6H8NRf-. The summed E-state index contributed by atoms with van der Waals surface area (Å²) in [5, 5.41) is 4.03. The Balaban J connectivity index is 0.000000490. The van der Waals surface area contributed by atoms with Gasteiger partial charge in [-0.25, -0.2) is 0 Å². The van der Waals surface area contributed by atoms with Gasteiger partial charge in [-0.1, -0.05) is 0 Å². The van der Waals surface area contributed by atoms with Gasteiger partial charge < -0.3 is 5.32 Å². The summed E-state index contributed by atoms with van der Waals surface area (Å²) in [6, 6.07) is 0. The molecule has 0 aromatic heterocycles. The number of rotatable bonds is 0. The molecule has 0 fully saturated rings. The van der Waals surface area contributed by atoms with Crippen LogP contribution in [0.3, 0.4) is 0 Å². The van der Waals surface area contributed by atoms with Crippen LogP contribution in [0.5, 0.6) is 0 Å². The van der Waals surface area contributed by atoms with Crippen molar-refractivity contribution in [2.45, 2.75) is 13.3 Å². The van der Waals surface area contributed by atoms with Gasteiger partial charge >= 0.3 is 0 Å². The number of nitrogens with zero attached hydrogens (tertiary/aromatic N) is 1. The van der Waals surface area contributed by atoms with Crippen LogP contribution in [0.4, 0.5) is 0 Å². The van der Waals surface area contributed by atoms with Crippen LogP contribution in [-0.4, -0.2) is 0 Å². The molecule has 0 atom stereocenters. The Labute approximate surface area is 43.7 Å². The Morgan fingerprint density at radius 3 is 2.75 bits per heavy atom. The smallest absolute Gasteiger partial charge is 0 e. The van der Waals surface area contributed by atoms with Gasteiger partial charge in [0.05, 0.1) is 0 Å². The van der Waals surface area contributed by atoms with Gasteiger partial charge in [0.25, 0.3) is 0 Å². The molecule has 8 heavy (non-hydrogen) atoms. The topological polar surface area (TPSA) is 14.1 Å². The van der Waals surface area contributed by atoms with Crippen LogP contribution < -0.4 is 0 Å². The van der Waals surface area contributed by atoms with Crippen LogP contribution >= 0.6 is 0 Å². The third-order valence-electron chi connectivity index (χ3n) is 1.01. The van der Waals surface area contributed by atoms with E-state index in [0.29, 0.717) is 0 Å². The summed E-state index contributed by atoms with van der Waals surface area (Å²) in [5.74, 6) is 0. The number of hydrogen-bond acceptors (Lipinski definition) is 0. The summed E-state index contributed by atoms with van der Waals surface area (Å²) in [7, 11) is 0. The molecule has 0 saturated heterocycles. The van der Waals surface area contributed by atoms with E-state index < -0.39 is 0 Å². The van der Waals surface area contributed by atoms with Crippen LogP contribution in [0.2, 0.25) is 0 Å². The van der Waals surface area contributed by atoms with Crippen molar-refractivity contribution in [3.05, 3.63) is 29.4 Å². The third-order valence-corrected chi connectivity index (χ3v) is 1.01. The van der Waals surface area contributed by atoms with Crippen molar-refractivity contribution >= 4 is 0 Å². The molecule has 0 bridgehead atoms. The average Bonchev–Trinajstić information content (AvgIpc) is 2.14. The molecule has 1 heterocycles. The first kappa shape index (κ1) is 6.28. The van der Waals surface area contributed by atoms with Crippen molar-refractivity contribution in [1.82, 2.24) is 0 Å². The monoisotopic (exact) mass is 361 g/mol. The molecular weight excluding hydrogens is 353 g/mol. The zero-order chi connectivity index (χ0) is 5.11. The van der Waals surface area contributed by atoms with Crippen LogP contribution in [0.25, 0.3) is 5.32 Å². The zero-order valence-electron chi connectivity index (χ0n) is 5.09. The Hall–Kier alpha value is -1.72. The van der Waals surface area contributed by atoms with Crippen LogP contribution in [-0.2, 0) is 0 Å². The Kier molecular flexibility index (Phi) is 1.93. The Morgan fingerprint density at radius 1 is 1.75 bits per heavy atom. The molecule has 0 unspecified atom stereocenters. The fraction of sp³-hybridized carbons (Fsp3) is 0.333. The van der Waals surface area contributed by atoms with E-state index in [1.165, 1.54) is 5.70 Å². The molecule has 0 saturated carbocycles. The SMILES string of the molecule is CC=C1CC=C[N-]1.[Rf]. The Morgan fingerprint density at radius 2 is 2.50 bits per heavy atom. The minimum absolute atomic E-state index is 0. The van der Waals surface area contributed by atoms with Gasteiger partial charge in [-0.05, 0) is 13.3 Å². The first-order valence-electron chi connectivity index (χ1n) is 2.44. The number of allylic oxidation sites excluding steroid dienone is 2. The summed E-state index contributed by atoms with van der Waals surface area (Å²) in [6.45, 7) is 2.01. The van der Waals surface area contributed by atoms with Crippen LogP contribution in [0.1, 0.15) is 13.3 Å². The summed E-state index contributed by atoms with van der Waals surface area (Å²) in [4.78, 5) is 0. The molecule has 40 valence electrons. The normalized spacial score (nSPS) is 20.4. The predicted octanol–water partition coefficient (Wildman–Crippen LogP) is 2.18. The van der Waals surface area contributed by atoms with Gasteiger partial charge in [0.1, 0.15) is 0 Å². The summed E-state index contributed by atoms with van der Waals surface area (Å²) in [6.07, 6.45) is 6.95. The maximum Gasteiger partial charge on any atom is 0 e. The van der Waals surface area contributed by atoms with Gasteiger partial charge in [-0.15, -0.1) is 12.2 Å². The first-order valence-corrected chi connectivity index (χ1v) is 2.44. The van der Waals surface area contributed by atoms with Crippen molar-refractivity contribution in [2.24, 2.45) is 0 Å². The fourth-order valence-corrected chi connectivity index (χ4v) is 0.567. The van der Waals surface area contributed by atoms with E-state index in [9.17, 15) is 0 Å². The first-order chi connectivity index (χ1) is 3.43. The van der Waals surface area contributed by atoms with E-state index in [4.69, 9.17) is 0 Å². The van der Waals surface area contributed by atoms with E-state index >= 15 is 0 Å². The molecule has 0 spiro atoms. The van der Waals surface area contributed by atoms with Crippen molar-refractivity contribution in [3.8, 4) is 0 Å². The quantitative estimate of drug-likeness (QED) is 0.628. The van der Waals surface area contributed by atoms with Crippen LogP contribution in [0.15, 0.2) is 24.0 Å². The van der Waals surface area contributed by atoms with Gasteiger partial charge in [-0.3, -0.25) is 0 Å². The second-order valence-electron chi connectivity index (χ2n) is 1.50. The van der Waals surface area contributed by atoms with Crippen molar-refractivity contribution in [1.29, 1.82) is 0 Å². The largest absolute Gasteiger partial charge is 0.668 e. The third kappa shape index (κ3) is 0.869. The minimum atomic E-state index is 0. The number of hydrogen-bond donors (Lipinski definition) is 0. The summed E-state index contributed by atoms with van der Waals surface area (Å²) >= 11 is 0. The van der Waals surface area contributed by atoms with E-state index in [1.54, 1.807) is 0 Å². The minimum Gasteiger partial charge on any atom is -0.668 e.